The third-order valence-electron chi connectivity index (χ3n) is 6.01. The van der Waals surface area contributed by atoms with Crippen molar-refractivity contribution in [2.24, 2.45) is 0 Å². The van der Waals surface area contributed by atoms with E-state index in [1.807, 2.05) is 0 Å². The summed E-state index contributed by atoms with van der Waals surface area (Å²) < 4.78 is 0. The smallest absolute Gasteiger partial charge is 0.0454 e. The van der Waals surface area contributed by atoms with Crippen LogP contribution >= 0.6 is 0 Å². The second-order valence-electron chi connectivity index (χ2n) is 7.88. The number of hydrogen-bond acceptors (Lipinski definition) is 3. The van der Waals surface area contributed by atoms with Gasteiger partial charge in [0.15, 0.2) is 0 Å². The number of aryl methyl sites for hydroxylation is 1. The minimum Gasteiger partial charge on any atom is -0.304 e. The predicted octanol–water partition coefficient (Wildman–Crippen LogP) is 3.64. The molecular formula is C23H31N3. The maximum absolute atomic E-state index is 4.03. The summed E-state index contributed by atoms with van der Waals surface area (Å²) in [4.78, 5) is 5.05. The molecule has 1 aliphatic carbocycles. The molecule has 138 valence electrons. The van der Waals surface area contributed by atoms with E-state index in [1.165, 1.54) is 62.1 Å². The number of fused-ring (bicyclic) bond motifs is 1. The number of likely N-dealkylation sites (N-methyl/N-ethyl adjacent to an activating group) is 1. The van der Waals surface area contributed by atoms with E-state index < -0.39 is 0 Å². The Morgan fingerprint density at radius 3 is 2.50 bits per heavy atom. The van der Waals surface area contributed by atoms with E-state index >= 15 is 0 Å². The van der Waals surface area contributed by atoms with E-state index in [4.69, 9.17) is 0 Å². The quantitative estimate of drug-likeness (QED) is 0.889. The van der Waals surface area contributed by atoms with Crippen LogP contribution in [0.25, 0.3) is 0 Å². The van der Waals surface area contributed by atoms with E-state index in [1.54, 1.807) is 0 Å². The van der Waals surface area contributed by atoms with Gasteiger partial charge in [-0.1, -0.05) is 54.6 Å². The molecule has 4 rings (SSSR count). The summed E-state index contributed by atoms with van der Waals surface area (Å²) in [6.07, 6.45) is 3.75. The normalized spacial score (nSPS) is 22.7. The number of nitrogens with one attached hydrogen (secondary N) is 1. The van der Waals surface area contributed by atoms with Crippen molar-refractivity contribution in [3.05, 3.63) is 71.3 Å². The fourth-order valence-corrected chi connectivity index (χ4v) is 4.40. The van der Waals surface area contributed by atoms with Gasteiger partial charge in [-0.2, -0.15) is 0 Å². The van der Waals surface area contributed by atoms with Crippen LogP contribution in [0.4, 0.5) is 0 Å². The van der Waals surface area contributed by atoms with Crippen molar-refractivity contribution in [2.75, 3.05) is 39.8 Å². The Morgan fingerprint density at radius 1 is 0.962 bits per heavy atom. The van der Waals surface area contributed by atoms with E-state index in [0.29, 0.717) is 12.1 Å². The lowest BCUT2D eigenvalue weighted by molar-refractivity contribution is 0.139. The molecule has 2 aromatic rings. The van der Waals surface area contributed by atoms with Gasteiger partial charge in [-0.3, -0.25) is 4.90 Å². The molecule has 2 aromatic carbocycles. The first-order valence-electron chi connectivity index (χ1n) is 10.1. The molecule has 2 atom stereocenters. The minimum absolute atomic E-state index is 0.385. The Bertz CT molecular complexity index is 692. The molecule has 3 heteroatoms. The van der Waals surface area contributed by atoms with Crippen LogP contribution in [-0.2, 0) is 6.42 Å². The van der Waals surface area contributed by atoms with Crippen molar-refractivity contribution in [3.8, 4) is 0 Å². The first-order chi connectivity index (χ1) is 12.8. The first kappa shape index (κ1) is 17.7. The van der Waals surface area contributed by atoms with Crippen molar-refractivity contribution in [1.29, 1.82) is 0 Å². The molecule has 0 saturated carbocycles. The van der Waals surface area contributed by atoms with E-state index in [-0.39, 0.29) is 0 Å². The van der Waals surface area contributed by atoms with Crippen LogP contribution in [-0.4, -0.2) is 49.6 Å². The molecule has 0 bridgehead atoms. The maximum atomic E-state index is 4.03. The fraction of sp³-hybridized carbons (Fsp3) is 0.478. The van der Waals surface area contributed by atoms with Gasteiger partial charge in [0.05, 0.1) is 0 Å². The monoisotopic (exact) mass is 349 g/mol. The average Bonchev–Trinajstić information content (AvgIpc) is 2.70. The van der Waals surface area contributed by atoms with Crippen LogP contribution in [0.2, 0.25) is 0 Å². The standard InChI is InChI=1S/C23H31N3/c1-25-14-16-26(17-15-25)18-23(20-9-3-2-4-10-20)24-22-13-7-11-19-8-5-6-12-21(19)22/h2-6,8-10,12,22-24H,7,11,13-18H2,1H3. The molecule has 1 aliphatic heterocycles. The zero-order chi connectivity index (χ0) is 17.8. The van der Waals surface area contributed by atoms with Crippen molar-refractivity contribution in [3.63, 3.8) is 0 Å². The summed E-state index contributed by atoms with van der Waals surface area (Å²) in [7, 11) is 2.23. The van der Waals surface area contributed by atoms with Crippen molar-refractivity contribution < 1.29 is 0 Å². The molecule has 1 saturated heterocycles. The van der Waals surface area contributed by atoms with Gasteiger partial charge in [0.25, 0.3) is 0 Å². The summed E-state index contributed by atoms with van der Waals surface area (Å²) in [5, 5.41) is 4.03. The van der Waals surface area contributed by atoms with E-state index in [9.17, 15) is 0 Å². The summed E-state index contributed by atoms with van der Waals surface area (Å²) in [6.45, 7) is 5.78. The van der Waals surface area contributed by atoms with Gasteiger partial charge in [-0.05, 0) is 43.0 Å². The van der Waals surface area contributed by atoms with Crippen LogP contribution in [0, 0.1) is 0 Å². The van der Waals surface area contributed by atoms with Gasteiger partial charge in [0.2, 0.25) is 0 Å². The van der Waals surface area contributed by atoms with E-state index in [0.717, 1.165) is 6.54 Å². The van der Waals surface area contributed by atoms with Gasteiger partial charge >= 0.3 is 0 Å². The molecule has 1 heterocycles. The van der Waals surface area contributed by atoms with Gasteiger partial charge in [0, 0.05) is 44.8 Å². The van der Waals surface area contributed by atoms with Crippen molar-refractivity contribution in [2.45, 2.75) is 31.3 Å². The largest absolute Gasteiger partial charge is 0.304 e. The van der Waals surface area contributed by atoms with Crippen molar-refractivity contribution >= 4 is 0 Å². The predicted molar refractivity (Wildman–Crippen MR) is 108 cm³/mol. The number of hydrogen-bond donors (Lipinski definition) is 1. The number of nitrogens with zero attached hydrogens (tertiary/aromatic N) is 2. The lowest BCUT2D eigenvalue weighted by atomic mass is 9.87. The highest BCUT2D eigenvalue weighted by molar-refractivity contribution is 5.32. The zero-order valence-electron chi connectivity index (χ0n) is 15.9. The summed E-state index contributed by atoms with van der Waals surface area (Å²) in [6, 6.07) is 20.9. The second-order valence-corrected chi connectivity index (χ2v) is 7.88. The second kappa shape index (κ2) is 8.34. The first-order valence-corrected chi connectivity index (χ1v) is 10.1. The molecule has 0 aromatic heterocycles. The Hall–Kier alpha value is -1.68. The Morgan fingerprint density at radius 2 is 1.69 bits per heavy atom. The van der Waals surface area contributed by atoms with Crippen molar-refractivity contribution in [1.82, 2.24) is 15.1 Å². The molecule has 1 fully saturated rings. The van der Waals surface area contributed by atoms with Gasteiger partial charge in [-0.25, -0.2) is 0 Å². The fourth-order valence-electron chi connectivity index (χ4n) is 4.40. The SMILES string of the molecule is CN1CCN(CC(NC2CCCc3ccccc32)c2ccccc2)CC1. The molecule has 0 spiro atoms. The van der Waals surface area contributed by atoms with E-state index in [2.05, 4.69) is 76.8 Å². The van der Waals surface area contributed by atoms with Crippen LogP contribution in [0.3, 0.4) is 0 Å². The average molecular weight is 350 g/mol. The van der Waals surface area contributed by atoms with Gasteiger partial charge < -0.3 is 10.2 Å². The number of piperazine rings is 1. The molecule has 3 nitrogen and oxygen atoms in total. The molecule has 26 heavy (non-hydrogen) atoms. The van der Waals surface area contributed by atoms with Crippen LogP contribution in [0.15, 0.2) is 54.6 Å². The highest BCUT2D eigenvalue weighted by Gasteiger charge is 2.25. The number of benzene rings is 2. The van der Waals surface area contributed by atoms with Gasteiger partial charge in [-0.15, -0.1) is 0 Å². The Labute approximate surface area is 158 Å². The molecule has 0 amide bonds. The highest BCUT2D eigenvalue weighted by atomic mass is 15.3. The zero-order valence-corrected chi connectivity index (χ0v) is 15.9. The topological polar surface area (TPSA) is 18.5 Å². The molecule has 2 aliphatic rings. The molecular weight excluding hydrogens is 318 g/mol. The lowest BCUT2D eigenvalue weighted by Gasteiger charge is -2.37. The number of rotatable bonds is 5. The molecule has 2 unspecified atom stereocenters. The summed E-state index contributed by atoms with van der Waals surface area (Å²) in [5.41, 5.74) is 4.45. The maximum Gasteiger partial charge on any atom is 0.0454 e. The van der Waals surface area contributed by atoms with Crippen LogP contribution in [0.5, 0.6) is 0 Å². The Balaban J connectivity index is 1.52. The third-order valence-corrected chi connectivity index (χ3v) is 6.01. The third kappa shape index (κ3) is 4.17. The summed E-state index contributed by atoms with van der Waals surface area (Å²) in [5.74, 6) is 0. The van der Waals surface area contributed by atoms with Crippen LogP contribution < -0.4 is 5.32 Å². The molecule has 1 N–H and O–H groups in total. The van der Waals surface area contributed by atoms with Crippen LogP contribution in [0.1, 0.15) is 41.6 Å². The minimum atomic E-state index is 0.385. The highest BCUT2D eigenvalue weighted by Crippen LogP contribution is 2.32. The summed E-state index contributed by atoms with van der Waals surface area (Å²) >= 11 is 0. The lowest BCUT2D eigenvalue weighted by Crippen LogP contribution is -2.47. The Kier molecular flexibility index (Phi) is 5.68. The molecule has 0 radical (unpaired) electrons. The van der Waals surface area contributed by atoms with Gasteiger partial charge in [0.1, 0.15) is 0 Å².